The number of para-hydroxylation sites is 1. The second kappa shape index (κ2) is 22.5. The third-order valence-corrected chi connectivity index (χ3v) is 12.2. The number of nitrogens with zero attached hydrogens (tertiary/aromatic N) is 4. The quantitative estimate of drug-likeness (QED) is 0.0269. The summed E-state index contributed by atoms with van der Waals surface area (Å²) in [4.78, 5) is 3.05. The molecule has 0 spiro atoms. The van der Waals surface area contributed by atoms with Crippen molar-refractivity contribution in [3.63, 3.8) is 0 Å². The SMILES string of the molecule is [N-]=[N+]=NCCCCCOC[C@@H]1O[C@H](OCCc2cn(S(=O)(=O)c3ccccc3)c3ccccc23)[C@H](OCc2ccccc2)[C@H](OCc2ccccc2)[C@H]1OCc1ccccc1. The molecule has 2 heterocycles. The van der Waals surface area contributed by atoms with Crippen LogP contribution in [0.5, 0.6) is 0 Å². The molecule has 1 aliphatic heterocycles. The normalized spacial score (nSPS) is 19.1. The third kappa shape index (κ3) is 11.9. The zero-order valence-corrected chi connectivity index (χ0v) is 34.9. The molecule has 13 heteroatoms. The largest absolute Gasteiger partial charge is 0.379 e. The molecule has 5 atom stereocenters. The molecular weight excluding hydrogens is 793 g/mol. The standard InChI is InChI=1S/C48H52N4O8S/c49-51-50-29-16-5-17-30-55-36-44-45(57-33-37-18-6-1-7-19-37)46(58-34-38-20-8-2-9-21-38)47(59-35-39-22-10-3-11-23-39)48(60-44)56-31-28-40-32-52(43-27-15-14-26-42(40)43)61(53,54)41-24-12-4-13-25-41/h1-4,6-15,18-27,32,44-48H,5,16-17,28-31,33-36H2/t44-,45-,46+,47+,48-/m0/s1. The molecule has 7 rings (SSSR count). The summed E-state index contributed by atoms with van der Waals surface area (Å²) in [6.07, 6.45) is 0.983. The summed E-state index contributed by atoms with van der Waals surface area (Å²) in [5, 5.41) is 4.45. The van der Waals surface area contributed by atoms with Gasteiger partial charge in [-0.2, -0.15) is 0 Å². The maximum atomic E-state index is 13.9. The minimum absolute atomic E-state index is 0.189. The summed E-state index contributed by atoms with van der Waals surface area (Å²) < 4.78 is 69.2. The summed E-state index contributed by atoms with van der Waals surface area (Å²) >= 11 is 0. The topological polar surface area (TPSA) is 143 Å². The molecule has 1 fully saturated rings. The lowest BCUT2D eigenvalue weighted by Crippen LogP contribution is -2.61. The van der Waals surface area contributed by atoms with Crippen molar-refractivity contribution in [1.82, 2.24) is 3.97 Å². The van der Waals surface area contributed by atoms with Crippen molar-refractivity contribution < 1.29 is 36.8 Å². The number of azide groups is 1. The molecule has 1 aromatic heterocycles. The molecule has 1 saturated heterocycles. The van der Waals surface area contributed by atoms with E-state index in [4.69, 9.17) is 34.0 Å². The molecule has 0 bridgehead atoms. The Morgan fingerprint density at radius 3 is 1.80 bits per heavy atom. The van der Waals surface area contributed by atoms with Crippen molar-refractivity contribution >= 4 is 20.9 Å². The van der Waals surface area contributed by atoms with Crippen LogP contribution in [0.2, 0.25) is 0 Å². The van der Waals surface area contributed by atoms with Gasteiger partial charge in [0.05, 0.1) is 43.4 Å². The number of ether oxygens (including phenoxy) is 6. The van der Waals surface area contributed by atoms with Crippen LogP contribution < -0.4 is 0 Å². The summed E-state index contributed by atoms with van der Waals surface area (Å²) in [6, 6.07) is 45.7. The molecule has 0 unspecified atom stereocenters. The molecule has 1 aliphatic rings. The molecule has 0 amide bonds. The Kier molecular flexibility index (Phi) is 16.1. The highest BCUT2D eigenvalue weighted by Gasteiger charge is 2.49. The van der Waals surface area contributed by atoms with Gasteiger partial charge in [0.2, 0.25) is 0 Å². The lowest BCUT2D eigenvalue weighted by molar-refractivity contribution is -0.328. The van der Waals surface area contributed by atoms with Crippen molar-refractivity contribution in [2.75, 3.05) is 26.4 Å². The summed E-state index contributed by atoms with van der Waals surface area (Å²) in [7, 11) is -3.86. The number of unbranched alkanes of at least 4 members (excludes halogenated alkanes) is 2. The van der Waals surface area contributed by atoms with Crippen molar-refractivity contribution in [3.05, 3.63) is 184 Å². The zero-order chi connectivity index (χ0) is 42.1. The highest BCUT2D eigenvalue weighted by Crippen LogP contribution is 2.33. The average molecular weight is 845 g/mol. The lowest BCUT2D eigenvalue weighted by Gasteiger charge is -2.46. The minimum Gasteiger partial charge on any atom is -0.379 e. The second-order valence-electron chi connectivity index (χ2n) is 14.8. The molecule has 12 nitrogen and oxygen atoms in total. The molecule has 0 N–H and O–H groups in total. The van der Waals surface area contributed by atoms with E-state index in [9.17, 15) is 8.42 Å². The first-order chi connectivity index (χ1) is 30.0. The summed E-state index contributed by atoms with van der Waals surface area (Å²) in [6.45, 7) is 2.20. The van der Waals surface area contributed by atoms with Crippen LogP contribution in [0, 0.1) is 0 Å². The third-order valence-electron chi connectivity index (χ3n) is 10.6. The van der Waals surface area contributed by atoms with Crippen molar-refractivity contribution in [2.45, 2.75) is 81.1 Å². The van der Waals surface area contributed by atoms with E-state index in [-0.39, 0.29) is 24.7 Å². The zero-order valence-electron chi connectivity index (χ0n) is 34.1. The Morgan fingerprint density at radius 1 is 0.623 bits per heavy atom. The fourth-order valence-electron chi connectivity index (χ4n) is 7.43. The van der Waals surface area contributed by atoms with E-state index in [0.717, 1.165) is 46.9 Å². The van der Waals surface area contributed by atoms with Gasteiger partial charge < -0.3 is 28.4 Å². The fraction of sp³-hybridized carbons (Fsp3) is 0.333. The van der Waals surface area contributed by atoms with Gasteiger partial charge in [0.1, 0.15) is 24.4 Å². The fourth-order valence-corrected chi connectivity index (χ4v) is 8.84. The highest BCUT2D eigenvalue weighted by atomic mass is 32.2. The Bertz CT molecular complexity index is 2380. The molecule has 0 saturated carbocycles. The van der Waals surface area contributed by atoms with E-state index in [2.05, 4.69) is 10.0 Å². The second-order valence-corrected chi connectivity index (χ2v) is 16.6. The maximum absolute atomic E-state index is 13.9. The van der Waals surface area contributed by atoms with Gasteiger partial charge in [0, 0.05) is 29.6 Å². The van der Waals surface area contributed by atoms with Crippen LogP contribution in [0.3, 0.4) is 0 Å². The number of aromatic nitrogens is 1. The van der Waals surface area contributed by atoms with Crippen LogP contribution in [0.1, 0.15) is 41.5 Å². The monoisotopic (exact) mass is 844 g/mol. The Morgan fingerprint density at radius 2 is 1.18 bits per heavy atom. The number of hydrogen-bond donors (Lipinski definition) is 0. The van der Waals surface area contributed by atoms with Gasteiger partial charge >= 0.3 is 0 Å². The van der Waals surface area contributed by atoms with E-state index in [1.165, 1.54) is 3.97 Å². The molecular formula is C48H52N4O8S. The predicted molar refractivity (Wildman–Crippen MR) is 233 cm³/mol. The van der Waals surface area contributed by atoms with Crippen LogP contribution in [0.4, 0.5) is 0 Å². The Hall–Kier alpha value is -5.34. The maximum Gasteiger partial charge on any atom is 0.268 e. The van der Waals surface area contributed by atoms with Gasteiger partial charge in [-0.25, -0.2) is 12.4 Å². The Balaban J connectivity index is 1.17. The van der Waals surface area contributed by atoms with Gasteiger partial charge in [-0.1, -0.05) is 139 Å². The molecule has 0 aliphatic carbocycles. The van der Waals surface area contributed by atoms with Crippen molar-refractivity contribution in [2.24, 2.45) is 5.11 Å². The van der Waals surface area contributed by atoms with E-state index in [1.54, 1.807) is 36.5 Å². The van der Waals surface area contributed by atoms with Crippen molar-refractivity contribution in [3.8, 4) is 0 Å². The van der Waals surface area contributed by atoms with Crippen LogP contribution in [-0.4, -0.2) is 69.5 Å². The van der Waals surface area contributed by atoms with Gasteiger partial charge in [0.25, 0.3) is 10.0 Å². The van der Waals surface area contributed by atoms with Gasteiger partial charge in [-0.15, -0.1) is 0 Å². The smallest absolute Gasteiger partial charge is 0.268 e. The van der Waals surface area contributed by atoms with E-state index in [0.29, 0.717) is 38.3 Å². The van der Waals surface area contributed by atoms with Crippen molar-refractivity contribution in [1.29, 1.82) is 0 Å². The number of fused-ring (bicyclic) bond motifs is 1. The molecule has 6 aromatic rings. The highest BCUT2D eigenvalue weighted by molar-refractivity contribution is 7.90. The first-order valence-electron chi connectivity index (χ1n) is 20.7. The minimum atomic E-state index is -3.86. The van der Waals surface area contributed by atoms with Gasteiger partial charge in [0.15, 0.2) is 6.29 Å². The average Bonchev–Trinajstić information content (AvgIpc) is 3.69. The van der Waals surface area contributed by atoms with E-state index < -0.39 is 40.7 Å². The number of rotatable bonds is 23. The first kappa shape index (κ1) is 43.7. The number of benzene rings is 5. The Labute approximate surface area is 357 Å². The van der Waals surface area contributed by atoms with E-state index >= 15 is 0 Å². The van der Waals surface area contributed by atoms with Crippen LogP contribution >= 0.6 is 0 Å². The summed E-state index contributed by atoms with van der Waals surface area (Å²) in [5.74, 6) is 0. The molecule has 5 aromatic carbocycles. The van der Waals surface area contributed by atoms with Crippen LogP contribution in [0.25, 0.3) is 21.3 Å². The molecule has 61 heavy (non-hydrogen) atoms. The van der Waals surface area contributed by atoms with E-state index in [1.807, 2.05) is 115 Å². The predicted octanol–water partition coefficient (Wildman–Crippen LogP) is 9.42. The molecule has 0 radical (unpaired) electrons. The number of hydrogen-bond acceptors (Lipinski definition) is 9. The lowest BCUT2D eigenvalue weighted by atomic mass is 9.97. The van der Waals surface area contributed by atoms with Gasteiger partial charge in [-0.05, 0) is 65.2 Å². The molecule has 318 valence electrons. The van der Waals surface area contributed by atoms with Gasteiger partial charge in [-0.3, -0.25) is 0 Å². The first-order valence-corrected chi connectivity index (χ1v) is 22.2. The van der Waals surface area contributed by atoms with Crippen LogP contribution in [-0.2, 0) is 64.7 Å². The van der Waals surface area contributed by atoms with Crippen LogP contribution in [0.15, 0.2) is 162 Å². The summed E-state index contributed by atoms with van der Waals surface area (Å²) in [5.41, 5.74) is 13.0.